The van der Waals surface area contributed by atoms with Crippen molar-refractivity contribution in [3.8, 4) is 11.4 Å². The first kappa shape index (κ1) is 19.3. The molecule has 0 saturated carbocycles. The number of hydrogen-bond acceptors (Lipinski definition) is 8. The molecule has 148 valence electrons. The summed E-state index contributed by atoms with van der Waals surface area (Å²) in [5, 5.41) is 5.24. The van der Waals surface area contributed by atoms with Crippen LogP contribution >= 0.6 is 11.8 Å². The number of pyridine rings is 1. The Kier molecular flexibility index (Phi) is 5.16. The summed E-state index contributed by atoms with van der Waals surface area (Å²) in [4.78, 5) is 25.0. The van der Waals surface area contributed by atoms with Crippen LogP contribution in [0.1, 0.15) is 0 Å². The Labute approximate surface area is 170 Å². The van der Waals surface area contributed by atoms with Crippen LogP contribution in [0.3, 0.4) is 0 Å². The van der Waals surface area contributed by atoms with E-state index in [-0.39, 0.29) is 17.9 Å². The van der Waals surface area contributed by atoms with Gasteiger partial charge >= 0.3 is 0 Å². The molecule has 0 aliphatic carbocycles. The highest BCUT2D eigenvalue weighted by atomic mass is 32.2. The number of aromatic nitrogens is 6. The lowest BCUT2D eigenvalue weighted by atomic mass is 10.2. The predicted molar refractivity (Wildman–Crippen MR) is 110 cm³/mol. The summed E-state index contributed by atoms with van der Waals surface area (Å²) in [5.74, 6) is -0.0174. The first-order valence-corrected chi connectivity index (χ1v) is 11.4. The molecule has 0 atom stereocenters. The van der Waals surface area contributed by atoms with Crippen molar-refractivity contribution in [1.82, 2.24) is 28.7 Å². The van der Waals surface area contributed by atoms with E-state index in [1.807, 2.05) is 24.5 Å². The summed E-state index contributed by atoms with van der Waals surface area (Å²) in [7, 11) is -3.81. The Balaban J connectivity index is 1.63. The lowest BCUT2D eigenvalue weighted by Crippen LogP contribution is -2.27. The minimum Gasteiger partial charge on any atom is -0.291 e. The topological polar surface area (TPSA) is 113 Å². The van der Waals surface area contributed by atoms with E-state index in [4.69, 9.17) is 0 Å². The summed E-state index contributed by atoms with van der Waals surface area (Å²) in [6, 6.07) is 12.1. The second-order valence-corrected chi connectivity index (χ2v) is 8.80. The molecule has 9 nitrogen and oxygen atoms in total. The molecule has 1 aromatic carbocycles. The largest absolute Gasteiger partial charge is 0.291 e. The molecule has 0 aliphatic heterocycles. The Morgan fingerprint density at radius 1 is 1.07 bits per heavy atom. The van der Waals surface area contributed by atoms with Crippen molar-refractivity contribution in [3.63, 3.8) is 0 Å². The predicted octanol–water partition coefficient (Wildman–Crippen LogP) is 1.65. The van der Waals surface area contributed by atoms with Crippen LogP contribution in [0.25, 0.3) is 22.4 Å². The van der Waals surface area contributed by atoms with Gasteiger partial charge in [0.15, 0.2) is 11.0 Å². The van der Waals surface area contributed by atoms with Crippen molar-refractivity contribution >= 4 is 32.8 Å². The van der Waals surface area contributed by atoms with Gasteiger partial charge in [-0.3, -0.25) is 9.36 Å². The van der Waals surface area contributed by atoms with Gasteiger partial charge in [-0.2, -0.15) is 0 Å². The van der Waals surface area contributed by atoms with Crippen molar-refractivity contribution < 1.29 is 8.42 Å². The zero-order valence-electron chi connectivity index (χ0n) is 15.3. The number of aryl methyl sites for hydroxylation is 1. The third kappa shape index (κ3) is 3.91. The lowest BCUT2D eigenvalue weighted by molar-refractivity contribution is 0.572. The second-order valence-electron chi connectivity index (χ2n) is 6.08. The van der Waals surface area contributed by atoms with E-state index in [9.17, 15) is 13.2 Å². The summed E-state index contributed by atoms with van der Waals surface area (Å²) in [6.07, 6.45) is 4.60. The minimum absolute atomic E-state index is 0.0656. The van der Waals surface area contributed by atoms with Crippen molar-refractivity contribution in [2.24, 2.45) is 0 Å². The maximum atomic E-state index is 12.7. The fourth-order valence-corrected chi connectivity index (χ4v) is 4.10. The molecule has 3 aromatic heterocycles. The molecule has 11 heteroatoms. The van der Waals surface area contributed by atoms with Crippen molar-refractivity contribution in [2.75, 3.05) is 12.0 Å². The average molecular weight is 428 g/mol. The SMILES string of the molecule is CSc1ncc2ccc(=O)n(CCS(=O)(=O)n3cnc(-c4ccccc4)n3)c2n1. The molecule has 0 amide bonds. The molecule has 0 spiro atoms. The van der Waals surface area contributed by atoms with E-state index in [2.05, 4.69) is 20.1 Å². The minimum atomic E-state index is -3.81. The van der Waals surface area contributed by atoms with Crippen LogP contribution in [-0.4, -0.2) is 49.1 Å². The molecular formula is C18H16N6O3S2. The number of nitrogens with zero attached hydrogens (tertiary/aromatic N) is 6. The molecule has 4 rings (SSSR count). The Bertz CT molecular complexity index is 1330. The molecule has 0 bridgehead atoms. The van der Waals surface area contributed by atoms with E-state index in [0.717, 1.165) is 10.4 Å². The van der Waals surface area contributed by atoms with Crippen molar-refractivity contribution in [3.05, 3.63) is 65.3 Å². The van der Waals surface area contributed by atoms with E-state index in [1.165, 1.54) is 22.4 Å². The van der Waals surface area contributed by atoms with Crippen LogP contribution < -0.4 is 5.56 Å². The van der Waals surface area contributed by atoms with Crippen LogP contribution in [0.5, 0.6) is 0 Å². The van der Waals surface area contributed by atoms with Gasteiger partial charge in [-0.05, 0) is 12.3 Å². The van der Waals surface area contributed by atoms with Gasteiger partial charge in [-0.15, -0.1) is 9.19 Å². The highest BCUT2D eigenvalue weighted by Gasteiger charge is 2.18. The lowest BCUT2D eigenvalue weighted by Gasteiger charge is -2.10. The average Bonchev–Trinajstić information content (AvgIpc) is 3.24. The third-order valence-electron chi connectivity index (χ3n) is 4.25. The molecular weight excluding hydrogens is 412 g/mol. The van der Waals surface area contributed by atoms with Gasteiger partial charge in [0.25, 0.3) is 15.6 Å². The van der Waals surface area contributed by atoms with Crippen LogP contribution in [-0.2, 0) is 16.6 Å². The van der Waals surface area contributed by atoms with Gasteiger partial charge in [0.05, 0.1) is 5.75 Å². The summed E-state index contributed by atoms with van der Waals surface area (Å²) < 4.78 is 27.6. The fraction of sp³-hybridized carbons (Fsp3) is 0.167. The highest BCUT2D eigenvalue weighted by molar-refractivity contribution is 7.98. The molecule has 0 N–H and O–H groups in total. The number of rotatable bonds is 6. The van der Waals surface area contributed by atoms with Gasteiger partial charge in [0.1, 0.15) is 12.0 Å². The molecule has 0 saturated heterocycles. The normalized spacial score (nSPS) is 11.8. The third-order valence-corrected chi connectivity index (χ3v) is 6.25. The van der Waals surface area contributed by atoms with Crippen LogP contribution in [0, 0.1) is 0 Å². The Morgan fingerprint density at radius 3 is 2.62 bits per heavy atom. The molecule has 0 unspecified atom stereocenters. The van der Waals surface area contributed by atoms with Gasteiger partial charge in [0.2, 0.25) is 0 Å². The van der Waals surface area contributed by atoms with Crippen LogP contribution in [0.2, 0.25) is 0 Å². The quantitative estimate of drug-likeness (QED) is 0.337. The van der Waals surface area contributed by atoms with Gasteiger partial charge in [0, 0.05) is 29.8 Å². The maximum Gasteiger partial charge on any atom is 0.257 e. The summed E-state index contributed by atoms with van der Waals surface area (Å²) in [5.41, 5.74) is 0.783. The summed E-state index contributed by atoms with van der Waals surface area (Å²) in [6.45, 7) is -0.0656. The fourth-order valence-electron chi connectivity index (χ4n) is 2.77. The van der Waals surface area contributed by atoms with E-state index < -0.39 is 10.0 Å². The Hall–Kier alpha value is -3.05. The smallest absolute Gasteiger partial charge is 0.257 e. The highest BCUT2D eigenvalue weighted by Crippen LogP contribution is 2.15. The van der Waals surface area contributed by atoms with E-state index in [0.29, 0.717) is 27.6 Å². The first-order valence-electron chi connectivity index (χ1n) is 8.59. The van der Waals surface area contributed by atoms with Gasteiger partial charge < -0.3 is 0 Å². The molecule has 0 fully saturated rings. The van der Waals surface area contributed by atoms with Gasteiger partial charge in [-0.1, -0.05) is 42.1 Å². The van der Waals surface area contributed by atoms with E-state index in [1.54, 1.807) is 24.4 Å². The molecule has 29 heavy (non-hydrogen) atoms. The van der Waals surface area contributed by atoms with Crippen molar-refractivity contribution in [2.45, 2.75) is 11.7 Å². The first-order chi connectivity index (χ1) is 14.0. The van der Waals surface area contributed by atoms with E-state index >= 15 is 0 Å². The standard InChI is InChI=1S/C18H16N6O3S2/c1-28-18-19-11-14-7-8-15(25)23(17(14)21-18)9-10-29(26,27)24-12-20-16(22-24)13-5-3-2-4-6-13/h2-8,11-12H,9-10H2,1H3. The molecule has 0 radical (unpaired) electrons. The number of hydrogen-bond donors (Lipinski definition) is 0. The van der Waals surface area contributed by atoms with Crippen molar-refractivity contribution in [1.29, 1.82) is 0 Å². The zero-order valence-corrected chi connectivity index (χ0v) is 17.0. The number of thioether (sulfide) groups is 1. The second kappa shape index (κ2) is 7.76. The number of fused-ring (bicyclic) bond motifs is 1. The molecule has 3 heterocycles. The van der Waals surface area contributed by atoms with Crippen LogP contribution in [0.4, 0.5) is 0 Å². The molecule has 0 aliphatic rings. The summed E-state index contributed by atoms with van der Waals surface area (Å²) >= 11 is 1.34. The number of benzene rings is 1. The van der Waals surface area contributed by atoms with Crippen LogP contribution in [0.15, 0.2) is 64.9 Å². The zero-order chi connectivity index (χ0) is 20.4. The van der Waals surface area contributed by atoms with Gasteiger partial charge in [-0.25, -0.2) is 23.4 Å². The maximum absolute atomic E-state index is 12.7. The Morgan fingerprint density at radius 2 is 1.86 bits per heavy atom. The molecule has 4 aromatic rings. The monoisotopic (exact) mass is 428 g/mol.